The van der Waals surface area contributed by atoms with Crippen molar-refractivity contribution >= 4 is 0 Å². The normalized spacial score (nSPS) is 29.9. The monoisotopic (exact) mass is 272 g/mol. The van der Waals surface area contributed by atoms with Crippen LogP contribution in [-0.2, 0) is 6.54 Å². The standard InChI is InChI=1S/C16H24N4/c1-2-7-16(6-1)12-19-14(13-4-5-13)10-20(16)11-15-17-8-3-9-18-15/h3,8-9,13-14,19H,1-2,4-7,10-12H2. The van der Waals surface area contributed by atoms with Gasteiger partial charge in [0.05, 0.1) is 6.54 Å². The van der Waals surface area contributed by atoms with E-state index in [0.29, 0.717) is 11.6 Å². The van der Waals surface area contributed by atoms with Gasteiger partial charge >= 0.3 is 0 Å². The van der Waals surface area contributed by atoms with Gasteiger partial charge < -0.3 is 5.32 Å². The maximum Gasteiger partial charge on any atom is 0.142 e. The van der Waals surface area contributed by atoms with Gasteiger partial charge in [0.15, 0.2) is 0 Å². The van der Waals surface area contributed by atoms with Crippen molar-refractivity contribution in [3.63, 3.8) is 0 Å². The molecule has 4 rings (SSSR count). The van der Waals surface area contributed by atoms with Gasteiger partial charge in [-0.05, 0) is 37.7 Å². The van der Waals surface area contributed by atoms with Gasteiger partial charge in [-0.15, -0.1) is 0 Å². The van der Waals surface area contributed by atoms with E-state index in [-0.39, 0.29) is 0 Å². The molecule has 0 radical (unpaired) electrons. The van der Waals surface area contributed by atoms with Crippen LogP contribution in [0.2, 0.25) is 0 Å². The highest BCUT2D eigenvalue weighted by Crippen LogP contribution is 2.41. The molecule has 0 aromatic carbocycles. The molecule has 1 aromatic heterocycles. The Bertz CT molecular complexity index is 451. The van der Waals surface area contributed by atoms with Gasteiger partial charge in [-0.2, -0.15) is 0 Å². The molecule has 1 unspecified atom stereocenters. The van der Waals surface area contributed by atoms with Crippen molar-refractivity contribution in [1.82, 2.24) is 20.2 Å². The third-order valence-corrected chi connectivity index (χ3v) is 5.46. The fourth-order valence-corrected chi connectivity index (χ4v) is 4.08. The van der Waals surface area contributed by atoms with Crippen molar-refractivity contribution in [3.05, 3.63) is 24.3 Å². The molecule has 4 heteroatoms. The zero-order valence-corrected chi connectivity index (χ0v) is 12.1. The minimum absolute atomic E-state index is 0.380. The van der Waals surface area contributed by atoms with Crippen LogP contribution in [0, 0.1) is 5.92 Å². The lowest BCUT2D eigenvalue weighted by atomic mass is 9.90. The molecule has 1 N–H and O–H groups in total. The van der Waals surface area contributed by atoms with Crippen molar-refractivity contribution in [2.45, 2.75) is 56.7 Å². The second-order valence-electron chi connectivity index (χ2n) is 6.80. The number of rotatable bonds is 3. The third kappa shape index (κ3) is 2.35. The van der Waals surface area contributed by atoms with Crippen molar-refractivity contribution < 1.29 is 0 Å². The van der Waals surface area contributed by atoms with E-state index in [1.165, 1.54) is 51.6 Å². The molecule has 2 saturated carbocycles. The fourth-order valence-electron chi connectivity index (χ4n) is 4.08. The number of aromatic nitrogens is 2. The van der Waals surface area contributed by atoms with Crippen molar-refractivity contribution in [3.8, 4) is 0 Å². The maximum absolute atomic E-state index is 4.44. The first-order valence-corrected chi connectivity index (χ1v) is 8.10. The highest BCUT2D eigenvalue weighted by Gasteiger charge is 2.46. The summed E-state index contributed by atoms with van der Waals surface area (Å²) in [4.78, 5) is 11.6. The largest absolute Gasteiger partial charge is 0.311 e. The third-order valence-electron chi connectivity index (χ3n) is 5.46. The zero-order chi connectivity index (χ0) is 13.4. The average Bonchev–Trinajstić information content (AvgIpc) is 3.23. The predicted molar refractivity (Wildman–Crippen MR) is 78.2 cm³/mol. The minimum atomic E-state index is 0.380. The van der Waals surface area contributed by atoms with Crippen molar-refractivity contribution in [2.75, 3.05) is 13.1 Å². The first-order chi connectivity index (χ1) is 9.86. The highest BCUT2D eigenvalue weighted by atomic mass is 15.3. The second kappa shape index (κ2) is 5.08. The summed E-state index contributed by atoms with van der Waals surface area (Å²) in [5.41, 5.74) is 0.380. The van der Waals surface area contributed by atoms with Gasteiger partial charge in [0.1, 0.15) is 5.82 Å². The second-order valence-corrected chi connectivity index (χ2v) is 6.80. The Hall–Kier alpha value is -1.00. The summed E-state index contributed by atoms with van der Waals surface area (Å²) in [7, 11) is 0. The minimum Gasteiger partial charge on any atom is -0.311 e. The molecule has 3 fully saturated rings. The van der Waals surface area contributed by atoms with E-state index in [4.69, 9.17) is 0 Å². The Morgan fingerprint density at radius 3 is 2.65 bits per heavy atom. The molecule has 2 aliphatic carbocycles. The smallest absolute Gasteiger partial charge is 0.142 e. The van der Waals surface area contributed by atoms with E-state index < -0.39 is 0 Å². The summed E-state index contributed by atoms with van der Waals surface area (Å²) in [6.07, 6.45) is 12.0. The number of nitrogens with zero attached hydrogens (tertiary/aromatic N) is 3. The van der Waals surface area contributed by atoms with Crippen LogP contribution in [0.4, 0.5) is 0 Å². The van der Waals surface area contributed by atoms with Gasteiger partial charge in [0.2, 0.25) is 0 Å². The Labute approximate surface area is 121 Å². The highest BCUT2D eigenvalue weighted by molar-refractivity contribution is 5.05. The van der Waals surface area contributed by atoms with Crippen LogP contribution in [0.1, 0.15) is 44.3 Å². The molecule has 1 aromatic rings. The molecule has 20 heavy (non-hydrogen) atoms. The van der Waals surface area contributed by atoms with Crippen LogP contribution in [0.25, 0.3) is 0 Å². The Morgan fingerprint density at radius 2 is 1.95 bits per heavy atom. The lowest BCUT2D eigenvalue weighted by molar-refractivity contribution is 0.0290. The number of nitrogens with one attached hydrogen (secondary N) is 1. The Balaban J connectivity index is 1.53. The van der Waals surface area contributed by atoms with E-state index >= 15 is 0 Å². The molecule has 4 nitrogen and oxygen atoms in total. The molecular weight excluding hydrogens is 248 g/mol. The molecule has 2 heterocycles. The summed E-state index contributed by atoms with van der Waals surface area (Å²) in [6, 6.07) is 2.60. The van der Waals surface area contributed by atoms with Gasteiger partial charge in [-0.25, -0.2) is 9.97 Å². The summed E-state index contributed by atoms with van der Waals surface area (Å²) >= 11 is 0. The molecule has 1 atom stereocenters. The topological polar surface area (TPSA) is 41.1 Å². The van der Waals surface area contributed by atoms with E-state index in [1.807, 2.05) is 18.5 Å². The van der Waals surface area contributed by atoms with Gasteiger partial charge in [0.25, 0.3) is 0 Å². The molecule has 1 spiro atoms. The van der Waals surface area contributed by atoms with Gasteiger partial charge in [-0.1, -0.05) is 12.8 Å². The Kier molecular flexibility index (Phi) is 3.23. The molecule has 0 bridgehead atoms. The van der Waals surface area contributed by atoms with E-state index in [9.17, 15) is 0 Å². The summed E-state index contributed by atoms with van der Waals surface area (Å²) in [6.45, 7) is 3.27. The molecule has 108 valence electrons. The summed E-state index contributed by atoms with van der Waals surface area (Å²) in [5.74, 6) is 1.91. The molecule has 0 amide bonds. The zero-order valence-electron chi connectivity index (χ0n) is 12.1. The molecule has 3 aliphatic rings. The number of hydrogen-bond acceptors (Lipinski definition) is 4. The summed E-state index contributed by atoms with van der Waals surface area (Å²) in [5, 5.41) is 3.85. The summed E-state index contributed by atoms with van der Waals surface area (Å²) < 4.78 is 0. The van der Waals surface area contributed by atoms with Crippen LogP contribution in [-0.4, -0.2) is 39.5 Å². The van der Waals surface area contributed by atoms with Crippen LogP contribution in [0.3, 0.4) is 0 Å². The number of hydrogen-bond donors (Lipinski definition) is 1. The van der Waals surface area contributed by atoms with Crippen LogP contribution in [0.5, 0.6) is 0 Å². The van der Waals surface area contributed by atoms with Crippen LogP contribution >= 0.6 is 0 Å². The van der Waals surface area contributed by atoms with Gasteiger partial charge in [-0.3, -0.25) is 4.90 Å². The lowest BCUT2D eigenvalue weighted by Gasteiger charge is -2.48. The molecule has 1 aliphatic heterocycles. The average molecular weight is 272 g/mol. The van der Waals surface area contributed by atoms with Crippen molar-refractivity contribution in [2.24, 2.45) is 5.92 Å². The lowest BCUT2D eigenvalue weighted by Crippen LogP contribution is -2.63. The van der Waals surface area contributed by atoms with Crippen molar-refractivity contribution in [1.29, 1.82) is 0 Å². The predicted octanol–water partition coefficient (Wildman–Crippen LogP) is 1.97. The number of piperazine rings is 1. The molecular formula is C16H24N4. The SMILES string of the molecule is c1cnc(CN2CC(C3CC3)NCC23CCCC3)nc1. The van der Waals surface area contributed by atoms with Crippen LogP contribution < -0.4 is 5.32 Å². The quantitative estimate of drug-likeness (QED) is 0.913. The van der Waals surface area contributed by atoms with E-state index in [1.54, 1.807) is 0 Å². The van der Waals surface area contributed by atoms with E-state index in [0.717, 1.165) is 18.3 Å². The first kappa shape index (κ1) is 12.7. The molecule has 1 saturated heterocycles. The van der Waals surface area contributed by atoms with E-state index in [2.05, 4.69) is 20.2 Å². The van der Waals surface area contributed by atoms with Crippen LogP contribution in [0.15, 0.2) is 18.5 Å². The fraction of sp³-hybridized carbons (Fsp3) is 0.750. The first-order valence-electron chi connectivity index (χ1n) is 8.10. The Morgan fingerprint density at radius 1 is 1.20 bits per heavy atom. The maximum atomic E-state index is 4.44. The van der Waals surface area contributed by atoms with Gasteiger partial charge in [0, 0.05) is 37.1 Å².